The smallest absolute Gasteiger partial charge is 0.432 e. The van der Waals surface area contributed by atoms with E-state index in [0.29, 0.717) is 19.3 Å². The monoisotopic (exact) mass is 606 g/mol. The first-order valence-corrected chi connectivity index (χ1v) is 14.1. The van der Waals surface area contributed by atoms with Gasteiger partial charge in [-0.2, -0.15) is 13.2 Å². The molecule has 0 aromatic heterocycles. The Kier molecular flexibility index (Phi) is 9.29. The van der Waals surface area contributed by atoms with E-state index in [0.717, 1.165) is 24.8 Å². The van der Waals surface area contributed by atoms with E-state index >= 15 is 0 Å². The number of benzene rings is 2. The second-order valence-corrected chi connectivity index (χ2v) is 11.8. The molecule has 2 aliphatic rings. The fourth-order valence-electron chi connectivity index (χ4n) is 5.54. The average molecular weight is 607 g/mol. The molecule has 1 unspecified atom stereocenters. The van der Waals surface area contributed by atoms with Crippen molar-refractivity contribution in [3.8, 4) is 0 Å². The van der Waals surface area contributed by atoms with Crippen LogP contribution < -0.4 is 0 Å². The lowest BCUT2D eigenvalue weighted by Gasteiger charge is -2.56. The summed E-state index contributed by atoms with van der Waals surface area (Å²) in [6.45, 7) is 4.73. The zero-order valence-corrected chi connectivity index (χ0v) is 24.7. The molecule has 2 atom stereocenters. The number of hydrogen-bond acceptors (Lipinski definition) is 7. The molecule has 0 aliphatic carbocycles. The zero-order valence-electron chi connectivity index (χ0n) is 24.7. The first kappa shape index (κ1) is 32.1. The highest BCUT2D eigenvalue weighted by Crippen LogP contribution is 2.46. The number of nitrogens with zero attached hydrogens (tertiary/aromatic N) is 2. The van der Waals surface area contributed by atoms with E-state index in [1.54, 1.807) is 45.0 Å². The standard InChI is InChI=1S/C31H37F3N2O7/c1-28(2,3)43-27(39)36-18-12-11-17-24(36)29(20-35(21-29)26(38)41-19-22-13-7-5-8-14-22)42-25(37)30(40-4,31(32,33)34)23-15-9-6-10-16-23/h5-10,13-16,24H,11-12,17-21H2,1-4H3/t24-,30?/m1/s1. The molecular weight excluding hydrogens is 569 g/mol. The number of halogens is 3. The van der Waals surface area contributed by atoms with E-state index in [-0.39, 0.29) is 26.2 Å². The summed E-state index contributed by atoms with van der Waals surface area (Å²) in [4.78, 5) is 42.6. The van der Waals surface area contributed by atoms with Crippen molar-refractivity contribution in [3.05, 3.63) is 71.8 Å². The molecule has 2 aromatic rings. The van der Waals surface area contributed by atoms with Crippen LogP contribution in [0.3, 0.4) is 0 Å². The van der Waals surface area contributed by atoms with Crippen molar-refractivity contribution in [2.24, 2.45) is 0 Å². The fourth-order valence-corrected chi connectivity index (χ4v) is 5.54. The van der Waals surface area contributed by atoms with E-state index < -0.39 is 52.7 Å². The van der Waals surface area contributed by atoms with Crippen molar-refractivity contribution in [2.45, 2.75) is 75.7 Å². The molecule has 2 heterocycles. The summed E-state index contributed by atoms with van der Waals surface area (Å²) in [6.07, 6.45) is -5.05. The predicted molar refractivity (Wildman–Crippen MR) is 149 cm³/mol. The number of piperidine rings is 1. The van der Waals surface area contributed by atoms with E-state index in [4.69, 9.17) is 18.9 Å². The van der Waals surface area contributed by atoms with Crippen LogP contribution in [-0.4, -0.2) is 78.1 Å². The first-order chi connectivity index (χ1) is 20.2. The van der Waals surface area contributed by atoms with Crippen LogP contribution in [0.4, 0.5) is 22.8 Å². The average Bonchev–Trinajstić information content (AvgIpc) is 2.93. The number of esters is 1. The molecular formula is C31H37F3N2O7. The minimum atomic E-state index is -5.20. The topological polar surface area (TPSA) is 94.6 Å². The molecule has 0 radical (unpaired) electrons. The van der Waals surface area contributed by atoms with Crippen LogP contribution in [0.25, 0.3) is 0 Å². The molecule has 2 fully saturated rings. The molecule has 2 saturated heterocycles. The second-order valence-electron chi connectivity index (χ2n) is 11.8. The molecule has 0 spiro atoms. The molecule has 9 nitrogen and oxygen atoms in total. The van der Waals surface area contributed by atoms with Crippen molar-refractivity contribution in [3.63, 3.8) is 0 Å². The molecule has 0 saturated carbocycles. The summed E-state index contributed by atoms with van der Waals surface area (Å²) < 4.78 is 65.9. The van der Waals surface area contributed by atoms with E-state index in [1.165, 1.54) is 28.0 Å². The SMILES string of the molecule is COC(C(=O)OC1([C@H]2CCCCN2C(=O)OC(C)(C)C)CN(C(=O)OCc2ccccc2)C1)(c1ccccc1)C(F)(F)F. The Morgan fingerprint density at radius 1 is 0.907 bits per heavy atom. The second kappa shape index (κ2) is 12.4. The Hall–Kier alpha value is -3.80. The first-order valence-electron chi connectivity index (χ1n) is 14.1. The lowest BCUT2D eigenvalue weighted by atomic mass is 9.80. The molecule has 43 heavy (non-hydrogen) atoms. The molecule has 0 bridgehead atoms. The number of likely N-dealkylation sites (tertiary alicyclic amines) is 2. The zero-order chi connectivity index (χ0) is 31.5. The predicted octanol–water partition coefficient (Wildman–Crippen LogP) is 5.81. The number of alkyl halides is 3. The number of carbonyl (C=O) groups excluding carboxylic acids is 3. The summed E-state index contributed by atoms with van der Waals surface area (Å²) in [5.74, 6) is -1.69. The molecule has 0 N–H and O–H groups in total. The number of amides is 2. The van der Waals surface area contributed by atoms with Crippen LogP contribution in [-0.2, 0) is 35.9 Å². The van der Waals surface area contributed by atoms with Crippen LogP contribution in [0.5, 0.6) is 0 Å². The van der Waals surface area contributed by atoms with Crippen molar-refractivity contribution >= 4 is 18.2 Å². The third-order valence-electron chi connectivity index (χ3n) is 7.59. The summed E-state index contributed by atoms with van der Waals surface area (Å²) >= 11 is 0. The normalized spacial score (nSPS) is 19.9. The van der Waals surface area contributed by atoms with E-state index in [2.05, 4.69) is 0 Å². The van der Waals surface area contributed by atoms with E-state index in [1.807, 2.05) is 6.07 Å². The summed E-state index contributed by atoms with van der Waals surface area (Å²) in [6, 6.07) is 14.6. The van der Waals surface area contributed by atoms with Crippen molar-refractivity contribution < 1.29 is 46.5 Å². The van der Waals surface area contributed by atoms with Gasteiger partial charge in [0.1, 0.15) is 12.2 Å². The quantitative estimate of drug-likeness (QED) is 0.290. The third-order valence-corrected chi connectivity index (χ3v) is 7.59. The Bertz CT molecular complexity index is 1280. The van der Waals surface area contributed by atoms with Crippen LogP contribution in [0, 0.1) is 0 Å². The number of carbonyl (C=O) groups is 3. The van der Waals surface area contributed by atoms with E-state index in [9.17, 15) is 27.6 Å². The maximum absolute atomic E-state index is 14.7. The Balaban J connectivity index is 1.66. The summed E-state index contributed by atoms with van der Waals surface area (Å²) in [5, 5.41) is 0. The van der Waals surface area contributed by atoms with Gasteiger partial charge in [-0.1, -0.05) is 60.7 Å². The lowest BCUT2D eigenvalue weighted by Crippen LogP contribution is -2.75. The number of ether oxygens (including phenoxy) is 4. The minimum Gasteiger partial charge on any atom is -0.450 e. The van der Waals surface area contributed by atoms with Gasteiger partial charge in [0.05, 0.1) is 19.1 Å². The number of methoxy groups -OCH3 is 1. The highest BCUT2D eigenvalue weighted by Gasteiger charge is 2.67. The van der Waals surface area contributed by atoms with Crippen molar-refractivity contribution in [1.82, 2.24) is 9.80 Å². The molecule has 2 amide bonds. The largest absolute Gasteiger partial charge is 0.450 e. The van der Waals surface area contributed by atoms with Gasteiger partial charge in [0.15, 0.2) is 5.60 Å². The van der Waals surface area contributed by atoms with Crippen molar-refractivity contribution in [1.29, 1.82) is 0 Å². The fraction of sp³-hybridized carbons (Fsp3) is 0.516. The molecule has 12 heteroatoms. The van der Waals surface area contributed by atoms with Crippen LogP contribution in [0.15, 0.2) is 60.7 Å². The maximum Gasteiger partial charge on any atom is 0.432 e. The van der Waals surface area contributed by atoms with Crippen LogP contribution in [0.2, 0.25) is 0 Å². The van der Waals surface area contributed by atoms with Crippen molar-refractivity contribution in [2.75, 3.05) is 26.7 Å². The summed E-state index contributed by atoms with van der Waals surface area (Å²) in [7, 11) is 0.788. The van der Waals surface area contributed by atoms with Gasteiger partial charge in [-0.05, 0) is 45.6 Å². The maximum atomic E-state index is 14.7. The summed E-state index contributed by atoms with van der Waals surface area (Å²) in [5.41, 5.74) is -5.68. The highest BCUT2D eigenvalue weighted by molar-refractivity contribution is 5.83. The number of hydrogen-bond donors (Lipinski definition) is 0. The Morgan fingerprint density at radius 2 is 1.51 bits per heavy atom. The van der Waals surface area contributed by atoms with Crippen LogP contribution in [0.1, 0.15) is 51.2 Å². The Labute approximate surface area is 248 Å². The van der Waals surface area contributed by atoms with Gasteiger partial charge in [0.25, 0.3) is 5.60 Å². The van der Waals surface area contributed by atoms with Gasteiger partial charge in [-0.3, -0.25) is 4.90 Å². The van der Waals surface area contributed by atoms with Gasteiger partial charge >= 0.3 is 24.3 Å². The van der Waals surface area contributed by atoms with Gasteiger partial charge in [0.2, 0.25) is 0 Å². The Morgan fingerprint density at radius 3 is 2.07 bits per heavy atom. The number of rotatable bonds is 7. The van der Waals surface area contributed by atoms with Gasteiger partial charge < -0.3 is 23.8 Å². The third kappa shape index (κ3) is 6.74. The van der Waals surface area contributed by atoms with Gasteiger partial charge in [0, 0.05) is 19.2 Å². The molecule has 2 aromatic carbocycles. The molecule has 2 aliphatic heterocycles. The van der Waals surface area contributed by atoms with Gasteiger partial charge in [-0.25, -0.2) is 14.4 Å². The highest BCUT2D eigenvalue weighted by atomic mass is 19.4. The molecule has 4 rings (SSSR count). The minimum absolute atomic E-state index is 0.0225. The lowest BCUT2D eigenvalue weighted by molar-refractivity contribution is -0.288. The van der Waals surface area contributed by atoms with Gasteiger partial charge in [-0.15, -0.1) is 0 Å². The molecule has 234 valence electrons. The van der Waals surface area contributed by atoms with Crippen LogP contribution >= 0.6 is 0 Å².